The number of hydrogen-bond acceptors (Lipinski definition) is 8. The highest BCUT2D eigenvalue weighted by molar-refractivity contribution is 5.95. The summed E-state index contributed by atoms with van der Waals surface area (Å²) in [5.74, 6) is -0.612. The van der Waals surface area contributed by atoms with Gasteiger partial charge in [-0.25, -0.2) is 0 Å². The van der Waals surface area contributed by atoms with E-state index in [0.29, 0.717) is 17.2 Å². The third-order valence-corrected chi connectivity index (χ3v) is 4.71. The summed E-state index contributed by atoms with van der Waals surface area (Å²) in [4.78, 5) is 28.6. The fraction of sp³-hybridized carbons (Fsp3) is 0.273. The number of amides is 2. The predicted molar refractivity (Wildman–Crippen MR) is 116 cm³/mol. The van der Waals surface area contributed by atoms with Crippen molar-refractivity contribution in [1.82, 2.24) is 20.8 Å². The van der Waals surface area contributed by atoms with Gasteiger partial charge >= 0.3 is 18.0 Å². The van der Waals surface area contributed by atoms with E-state index in [0.717, 1.165) is 12.1 Å². The summed E-state index contributed by atoms with van der Waals surface area (Å²) in [6.45, 7) is 0.105. The lowest BCUT2D eigenvalue weighted by Crippen LogP contribution is -2.34. The number of aromatic nitrogens is 2. The van der Waals surface area contributed by atoms with Crippen LogP contribution in [0.5, 0.6) is 17.2 Å². The number of carbonyl (C=O) groups is 2. The van der Waals surface area contributed by atoms with Gasteiger partial charge in [-0.2, -0.15) is 18.2 Å². The first-order chi connectivity index (χ1) is 16.7. The molecule has 0 aliphatic rings. The SMILES string of the molecule is COc1cc(C(=O)NCCNC(=O)c2nc(-c3ccc(C(F)(F)F)cc3)no2)cc(OC)c1OC. The Morgan fingerprint density at radius 3 is 2.00 bits per heavy atom. The molecule has 0 atom stereocenters. The lowest BCUT2D eigenvalue weighted by molar-refractivity contribution is -0.137. The Hall–Kier alpha value is -4.29. The van der Waals surface area contributed by atoms with Gasteiger partial charge in [0.1, 0.15) is 0 Å². The normalized spacial score (nSPS) is 11.0. The summed E-state index contributed by atoms with van der Waals surface area (Å²) in [7, 11) is 4.29. The average molecular weight is 494 g/mol. The number of nitrogens with zero attached hydrogens (tertiary/aromatic N) is 2. The average Bonchev–Trinajstić information content (AvgIpc) is 3.35. The Morgan fingerprint density at radius 2 is 1.49 bits per heavy atom. The molecule has 10 nitrogen and oxygen atoms in total. The lowest BCUT2D eigenvalue weighted by Gasteiger charge is -2.14. The Morgan fingerprint density at radius 1 is 0.914 bits per heavy atom. The van der Waals surface area contributed by atoms with E-state index in [1.807, 2.05) is 0 Å². The molecule has 0 radical (unpaired) electrons. The first kappa shape index (κ1) is 25.3. The van der Waals surface area contributed by atoms with Gasteiger partial charge in [0.25, 0.3) is 5.91 Å². The van der Waals surface area contributed by atoms with Gasteiger partial charge in [0.05, 0.1) is 26.9 Å². The second-order valence-corrected chi connectivity index (χ2v) is 6.92. The second kappa shape index (κ2) is 10.8. The number of halogens is 3. The highest BCUT2D eigenvalue weighted by atomic mass is 19.4. The van der Waals surface area contributed by atoms with Gasteiger partial charge in [-0.3, -0.25) is 9.59 Å². The summed E-state index contributed by atoms with van der Waals surface area (Å²) in [5, 5.41) is 8.74. The molecule has 13 heteroatoms. The number of ether oxygens (including phenoxy) is 3. The number of methoxy groups -OCH3 is 3. The summed E-state index contributed by atoms with van der Waals surface area (Å²) in [6.07, 6.45) is -4.47. The van der Waals surface area contributed by atoms with E-state index in [1.165, 1.54) is 45.6 Å². The molecule has 2 N–H and O–H groups in total. The van der Waals surface area contributed by atoms with E-state index in [9.17, 15) is 22.8 Å². The summed E-state index contributed by atoms with van der Waals surface area (Å²) in [5.41, 5.74) is -0.321. The zero-order valence-corrected chi connectivity index (χ0v) is 18.9. The molecule has 1 heterocycles. The second-order valence-electron chi connectivity index (χ2n) is 6.92. The fourth-order valence-corrected chi connectivity index (χ4v) is 2.98. The fourth-order valence-electron chi connectivity index (χ4n) is 2.98. The molecule has 3 aromatic rings. The highest BCUT2D eigenvalue weighted by Crippen LogP contribution is 2.38. The summed E-state index contributed by atoms with van der Waals surface area (Å²) >= 11 is 0. The highest BCUT2D eigenvalue weighted by Gasteiger charge is 2.30. The van der Waals surface area contributed by atoms with Crippen molar-refractivity contribution in [3.8, 4) is 28.6 Å². The maximum Gasteiger partial charge on any atom is 0.416 e. The summed E-state index contributed by atoms with van der Waals surface area (Å²) in [6, 6.07) is 7.07. The molecule has 2 aromatic carbocycles. The minimum Gasteiger partial charge on any atom is -0.493 e. The van der Waals surface area contributed by atoms with Crippen LogP contribution in [0, 0.1) is 0 Å². The standard InChI is InChI=1S/C22H21F3N4O6/c1-32-15-10-13(11-16(33-2)17(15)34-3)19(30)26-8-9-27-20(31)21-28-18(29-35-21)12-4-6-14(7-5-12)22(23,24)25/h4-7,10-11H,8-9H2,1-3H3,(H,26,30)(H,27,31). The molecule has 35 heavy (non-hydrogen) atoms. The molecule has 186 valence electrons. The van der Waals surface area contributed by atoms with Gasteiger partial charge in [-0.05, 0) is 24.3 Å². The Labute approximate surface area is 197 Å². The van der Waals surface area contributed by atoms with Crippen LogP contribution in [-0.4, -0.2) is 56.4 Å². The molecular weight excluding hydrogens is 473 g/mol. The van der Waals surface area contributed by atoms with Crippen molar-refractivity contribution in [2.45, 2.75) is 6.18 Å². The van der Waals surface area contributed by atoms with Crippen molar-refractivity contribution in [3.05, 3.63) is 53.4 Å². The molecule has 3 rings (SSSR count). The van der Waals surface area contributed by atoms with Crippen LogP contribution >= 0.6 is 0 Å². The van der Waals surface area contributed by atoms with Crippen molar-refractivity contribution in [1.29, 1.82) is 0 Å². The van der Waals surface area contributed by atoms with Crippen LogP contribution in [0.3, 0.4) is 0 Å². The van der Waals surface area contributed by atoms with Crippen LogP contribution in [0.4, 0.5) is 13.2 Å². The van der Waals surface area contributed by atoms with Gasteiger partial charge in [0, 0.05) is 24.2 Å². The van der Waals surface area contributed by atoms with E-state index < -0.39 is 23.6 Å². The van der Waals surface area contributed by atoms with Crippen LogP contribution in [0.1, 0.15) is 26.6 Å². The zero-order valence-electron chi connectivity index (χ0n) is 18.9. The van der Waals surface area contributed by atoms with Crippen LogP contribution in [-0.2, 0) is 6.18 Å². The molecular formula is C22H21F3N4O6. The molecule has 0 bridgehead atoms. The molecule has 0 saturated carbocycles. The van der Waals surface area contributed by atoms with Crippen molar-refractivity contribution in [3.63, 3.8) is 0 Å². The van der Waals surface area contributed by atoms with Crippen LogP contribution in [0.2, 0.25) is 0 Å². The van der Waals surface area contributed by atoms with E-state index in [-0.39, 0.29) is 35.9 Å². The van der Waals surface area contributed by atoms with Crippen molar-refractivity contribution in [2.24, 2.45) is 0 Å². The maximum atomic E-state index is 12.7. The molecule has 0 spiro atoms. The molecule has 2 amide bonds. The Balaban J connectivity index is 1.54. The minimum absolute atomic E-state index is 0.0347. The molecule has 0 aliphatic carbocycles. The van der Waals surface area contributed by atoms with Gasteiger partial charge in [0.2, 0.25) is 11.6 Å². The van der Waals surface area contributed by atoms with Crippen molar-refractivity contribution >= 4 is 11.8 Å². The number of nitrogens with one attached hydrogen (secondary N) is 2. The van der Waals surface area contributed by atoms with Gasteiger partial charge in [0.15, 0.2) is 11.5 Å². The topological polar surface area (TPSA) is 125 Å². The van der Waals surface area contributed by atoms with E-state index in [1.54, 1.807) is 0 Å². The van der Waals surface area contributed by atoms with E-state index >= 15 is 0 Å². The Kier molecular flexibility index (Phi) is 7.79. The maximum absolute atomic E-state index is 12.7. The monoisotopic (exact) mass is 494 g/mol. The smallest absolute Gasteiger partial charge is 0.416 e. The van der Waals surface area contributed by atoms with Crippen LogP contribution < -0.4 is 24.8 Å². The summed E-state index contributed by atoms with van der Waals surface area (Å²) < 4.78 is 58.6. The zero-order chi connectivity index (χ0) is 25.6. The third-order valence-electron chi connectivity index (χ3n) is 4.71. The number of alkyl halides is 3. The van der Waals surface area contributed by atoms with Gasteiger partial charge in [-0.1, -0.05) is 17.3 Å². The minimum atomic E-state index is -4.47. The first-order valence-electron chi connectivity index (χ1n) is 10.1. The van der Waals surface area contributed by atoms with E-state index in [4.69, 9.17) is 18.7 Å². The van der Waals surface area contributed by atoms with Gasteiger partial charge < -0.3 is 29.4 Å². The molecule has 0 saturated heterocycles. The molecule has 0 unspecified atom stereocenters. The molecule has 0 fully saturated rings. The van der Waals surface area contributed by atoms with Crippen LogP contribution in [0.25, 0.3) is 11.4 Å². The van der Waals surface area contributed by atoms with Gasteiger partial charge in [-0.15, -0.1) is 0 Å². The largest absolute Gasteiger partial charge is 0.493 e. The van der Waals surface area contributed by atoms with Crippen molar-refractivity contribution < 1.29 is 41.5 Å². The number of benzene rings is 2. The van der Waals surface area contributed by atoms with Crippen LogP contribution in [0.15, 0.2) is 40.9 Å². The third kappa shape index (κ3) is 5.99. The quantitative estimate of drug-likeness (QED) is 0.435. The number of carbonyl (C=O) groups excluding carboxylic acids is 2. The molecule has 0 aliphatic heterocycles. The predicted octanol–water partition coefficient (Wildman–Crippen LogP) is 2.94. The molecule has 1 aromatic heterocycles. The number of rotatable bonds is 9. The Bertz CT molecular complexity index is 1170. The number of hydrogen-bond donors (Lipinski definition) is 2. The van der Waals surface area contributed by atoms with Crippen molar-refractivity contribution in [2.75, 3.05) is 34.4 Å². The lowest BCUT2D eigenvalue weighted by atomic mass is 10.1. The first-order valence-corrected chi connectivity index (χ1v) is 10.1. The van der Waals surface area contributed by atoms with E-state index in [2.05, 4.69) is 20.8 Å².